The third kappa shape index (κ3) is 5.76. The summed E-state index contributed by atoms with van der Waals surface area (Å²) in [5.74, 6) is -1.88. The number of benzene rings is 1. The number of likely N-dealkylation sites (tertiary alicyclic amines) is 1. The number of rotatable bonds is 8. The Morgan fingerprint density at radius 3 is 2.72 bits per heavy atom. The number of anilines is 2. The molecular weight excluding hydrogens is 668 g/mol. The van der Waals surface area contributed by atoms with Crippen LogP contribution in [0.5, 0.6) is 11.9 Å². The Morgan fingerprint density at radius 2 is 1.96 bits per heavy atom. The molecule has 1 fully saturated rings. The first-order valence-electron chi connectivity index (χ1n) is 16.1. The lowest BCUT2D eigenvalue weighted by Gasteiger charge is -2.35. The number of fused-ring (bicyclic) bond motifs is 1. The van der Waals surface area contributed by atoms with Gasteiger partial charge in [0.05, 0.1) is 35.6 Å². The molecule has 17 heteroatoms. The quantitative estimate of drug-likeness (QED) is 0.178. The standard InChI is InChI=1S/C33H33F6N9O2/c1-15-9-22-21(12-42-46-22)23(25(15)33(37,38)39)27-26(36)28-24-30(45-32(44-28)50-14-19-5-4-7-47(19)8-6-34)48(16(2)13-49-31(24)43-27)17(3)20-10-18(35)11-41-29(20)40/h9-12,16-17,19H,4-8,13-14H2,1-3H3,(H2,40,41)(H,42,46)/t16-,17+,19-/m0/s1. The van der Waals surface area contributed by atoms with Crippen molar-refractivity contribution in [3.05, 3.63) is 52.9 Å². The number of aromatic amines is 1. The second-order valence-corrected chi connectivity index (χ2v) is 12.6. The molecule has 1 saturated heterocycles. The van der Waals surface area contributed by atoms with Gasteiger partial charge in [0.25, 0.3) is 0 Å². The van der Waals surface area contributed by atoms with Crippen LogP contribution in [-0.4, -0.2) is 80.1 Å². The minimum Gasteiger partial charge on any atom is -0.475 e. The maximum atomic E-state index is 17.1. The number of nitrogens with one attached hydrogen (secondary N) is 1. The fraction of sp³-hybridized carbons (Fsp3) is 0.424. The van der Waals surface area contributed by atoms with E-state index in [2.05, 4.69) is 30.1 Å². The fourth-order valence-electron chi connectivity index (χ4n) is 7.12. The Kier molecular flexibility index (Phi) is 8.56. The van der Waals surface area contributed by atoms with Gasteiger partial charge in [0.2, 0.25) is 5.88 Å². The minimum atomic E-state index is -4.89. The van der Waals surface area contributed by atoms with Crippen molar-refractivity contribution in [1.82, 2.24) is 35.0 Å². The molecule has 3 N–H and O–H groups in total. The number of alkyl halides is 4. The van der Waals surface area contributed by atoms with E-state index in [1.807, 2.05) is 4.90 Å². The zero-order valence-electron chi connectivity index (χ0n) is 27.3. The molecule has 2 aliphatic heterocycles. The Bertz CT molecular complexity index is 2090. The number of pyridine rings is 2. The number of hydrogen-bond acceptors (Lipinski definition) is 10. The van der Waals surface area contributed by atoms with Crippen LogP contribution in [0.15, 0.2) is 24.5 Å². The lowest BCUT2D eigenvalue weighted by atomic mass is 9.94. The zero-order valence-corrected chi connectivity index (χ0v) is 27.3. The summed E-state index contributed by atoms with van der Waals surface area (Å²) in [4.78, 5) is 21.1. The molecular formula is C33H33F6N9O2. The van der Waals surface area contributed by atoms with Gasteiger partial charge in [0, 0.05) is 29.1 Å². The molecule has 3 atom stereocenters. The number of halogens is 6. The third-order valence-electron chi connectivity index (χ3n) is 9.42. The first kappa shape index (κ1) is 33.6. The van der Waals surface area contributed by atoms with Gasteiger partial charge in [0.15, 0.2) is 5.82 Å². The fourth-order valence-corrected chi connectivity index (χ4v) is 7.12. The van der Waals surface area contributed by atoms with Crippen molar-refractivity contribution in [3.8, 4) is 23.1 Å². The molecule has 0 aliphatic carbocycles. The molecule has 0 radical (unpaired) electrons. The molecule has 1 aromatic carbocycles. The van der Waals surface area contributed by atoms with Crippen LogP contribution in [0.25, 0.3) is 33.1 Å². The number of aromatic nitrogens is 6. The van der Waals surface area contributed by atoms with Crippen molar-refractivity contribution in [1.29, 1.82) is 0 Å². The van der Waals surface area contributed by atoms with Crippen LogP contribution >= 0.6 is 0 Å². The second-order valence-electron chi connectivity index (χ2n) is 12.6. The van der Waals surface area contributed by atoms with Crippen LogP contribution in [0, 0.1) is 18.6 Å². The van der Waals surface area contributed by atoms with Crippen LogP contribution in [0.1, 0.15) is 49.4 Å². The Hall–Kier alpha value is -4.93. The van der Waals surface area contributed by atoms with E-state index < -0.39 is 58.9 Å². The number of hydrogen-bond donors (Lipinski definition) is 2. The van der Waals surface area contributed by atoms with Crippen molar-refractivity contribution in [3.63, 3.8) is 0 Å². The summed E-state index contributed by atoms with van der Waals surface area (Å²) in [6.07, 6.45) is -1.18. The summed E-state index contributed by atoms with van der Waals surface area (Å²) >= 11 is 0. The van der Waals surface area contributed by atoms with E-state index in [0.29, 0.717) is 12.1 Å². The summed E-state index contributed by atoms with van der Waals surface area (Å²) in [5, 5.41) is 6.53. The predicted octanol–water partition coefficient (Wildman–Crippen LogP) is 6.31. The summed E-state index contributed by atoms with van der Waals surface area (Å²) in [6, 6.07) is 0.825. The van der Waals surface area contributed by atoms with Gasteiger partial charge in [-0.2, -0.15) is 28.2 Å². The maximum absolute atomic E-state index is 17.1. The average Bonchev–Trinajstić information content (AvgIpc) is 3.70. The molecule has 0 spiro atoms. The Labute approximate surface area is 281 Å². The molecule has 4 aromatic heterocycles. The van der Waals surface area contributed by atoms with Gasteiger partial charge in [-0.05, 0) is 57.9 Å². The zero-order chi connectivity index (χ0) is 35.5. The number of aryl methyl sites for hydroxylation is 1. The summed E-state index contributed by atoms with van der Waals surface area (Å²) in [6.45, 7) is 5.11. The topological polar surface area (TPSA) is 131 Å². The first-order chi connectivity index (χ1) is 23.9. The molecule has 5 aromatic rings. The van der Waals surface area contributed by atoms with E-state index in [0.717, 1.165) is 19.0 Å². The van der Waals surface area contributed by atoms with E-state index in [4.69, 9.17) is 15.2 Å². The van der Waals surface area contributed by atoms with Gasteiger partial charge < -0.3 is 20.1 Å². The highest BCUT2D eigenvalue weighted by atomic mass is 19.4. The highest BCUT2D eigenvalue weighted by Crippen LogP contribution is 2.47. The number of H-pyrrole nitrogens is 1. The van der Waals surface area contributed by atoms with E-state index >= 15 is 4.39 Å². The van der Waals surface area contributed by atoms with Crippen molar-refractivity contribution in [2.24, 2.45) is 0 Å². The lowest BCUT2D eigenvalue weighted by molar-refractivity contribution is -0.137. The number of nitrogen functional groups attached to an aromatic ring is 1. The molecule has 0 amide bonds. The first-order valence-corrected chi connectivity index (χ1v) is 16.1. The van der Waals surface area contributed by atoms with Crippen LogP contribution in [-0.2, 0) is 6.18 Å². The highest BCUT2D eigenvalue weighted by Gasteiger charge is 2.40. The van der Waals surface area contributed by atoms with E-state index in [1.165, 1.54) is 25.3 Å². The average molecular weight is 702 g/mol. The number of ether oxygens (including phenoxy) is 2. The van der Waals surface area contributed by atoms with E-state index in [1.54, 1.807) is 18.7 Å². The summed E-state index contributed by atoms with van der Waals surface area (Å²) < 4.78 is 101. The molecule has 6 heterocycles. The number of nitrogens with zero attached hydrogens (tertiary/aromatic N) is 7. The maximum Gasteiger partial charge on any atom is 0.417 e. The van der Waals surface area contributed by atoms with Crippen LogP contribution in [0.2, 0.25) is 0 Å². The Morgan fingerprint density at radius 1 is 1.16 bits per heavy atom. The monoisotopic (exact) mass is 701 g/mol. The van der Waals surface area contributed by atoms with Gasteiger partial charge in [-0.25, -0.2) is 23.1 Å². The summed E-state index contributed by atoms with van der Waals surface area (Å²) in [7, 11) is 0. The molecule has 0 bridgehead atoms. The normalized spacial score (nSPS) is 18.9. The van der Waals surface area contributed by atoms with Crippen molar-refractivity contribution >= 4 is 33.4 Å². The van der Waals surface area contributed by atoms with Crippen molar-refractivity contribution < 1.29 is 35.8 Å². The largest absolute Gasteiger partial charge is 0.475 e. The molecule has 7 rings (SSSR count). The molecule has 0 saturated carbocycles. The highest BCUT2D eigenvalue weighted by molar-refractivity contribution is 6.02. The van der Waals surface area contributed by atoms with Gasteiger partial charge in [-0.1, -0.05) is 0 Å². The van der Waals surface area contributed by atoms with Crippen molar-refractivity contribution in [2.75, 3.05) is 43.6 Å². The van der Waals surface area contributed by atoms with Gasteiger partial charge >= 0.3 is 12.2 Å². The van der Waals surface area contributed by atoms with Crippen LogP contribution in [0.4, 0.5) is 38.0 Å². The Balaban J connectivity index is 1.47. The third-order valence-corrected chi connectivity index (χ3v) is 9.42. The van der Waals surface area contributed by atoms with E-state index in [-0.39, 0.29) is 71.2 Å². The molecule has 0 unspecified atom stereocenters. The van der Waals surface area contributed by atoms with Crippen LogP contribution in [0.3, 0.4) is 0 Å². The van der Waals surface area contributed by atoms with Gasteiger partial charge in [0.1, 0.15) is 53.9 Å². The molecule has 50 heavy (non-hydrogen) atoms. The molecule has 2 aliphatic rings. The second kappa shape index (κ2) is 12.8. The molecule has 264 valence electrons. The SMILES string of the molecule is Cc1cc2[nH]ncc2c(-c2nc3c4c(nc(OC[C@@H]5CCCN5CCF)nc4c2F)N([C@H](C)c2cc(F)cnc2N)[C@@H](C)CO3)c1C(F)(F)F. The summed E-state index contributed by atoms with van der Waals surface area (Å²) in [5.41, 5.74) is 3.88. The van der Waals surface area contributed by atoms with Crippen molar-refractivity contribution in [2.45, 2.75) is 57.9 Å². The minimum absolute atomic E-state index is 0.00728. The lowest BCUT2D eigenvalue weighted by Crippen LogP contribution is -2.39. The predicted molar refractivity (Wildman–Crippen MR) is 173 cm³/mol. The molecule has 11 nitrogen and oxygen atoms in total. The van der Waals surface area contributed by atoms with Crippen LogP contribution < -0.4 is 20.1 Å². The van der Waals surface area contributed by atoms with E-state index in [9.17, 15) is 22.0 Å². The van der Waals surface area contributed by atoms with Gasteiger partial charge in [-0.15, -0.1) is 0 Å². The smallest absolute Gasteiger partial charge is 0.417 e. The number of nitrogens with two attached hydrogens (primary N) is 1. The van der Waals surface area contributed by atoms with Gasteiger partial charge in [-0.3, -0.25) is 10.00 Å².